The van der Waals surface area contributed by atoms with E-state index in [2.05, 4.69) is 9.97 Å². The Morgan fingerprint density at radius 1 is 1.10 bits per heavy atom. The molecule has 1 aromatic heterocycles. The standard InChI is InChI=1S/C20H21N5O4/c1-23-18(28)20(25(19(23)29)13-14-5-3-2-4-6-14)7-9-24(10-8-20)17(27)15-11-21-12-16(26)22-15/h2-6,11-12H,7-10,13H2,1H3,(H,22,26). The lowest BCUT2D eigenvalue weighted by atomic mass is 9.85. The number of hydrogen-bond acceptors (Lipinski definition) is 5. The summed E-state index contributed by atoms with van der Waals surface area (Å²) in [4.78, 5) is 60.5. The van der Waals surface area contributed by atoms with Gasteiger partial charge < -0.3 is 14.8 Å². The second-order valence-electron chi connectivity index (χ2n) is 7.35. The van der Waals surface area contributed by atoms with Crippen molar-refractivity contribution in [3.63, 3.8) is 0 Å². The van der Waals surface area contributed by atoms with E-state index >= 15 is 0 Å². The van der Waals surface area contributed by atoms with Crippen molar-refractivity contribution in [3.8, 4) is 0 Å². The normalized spacial score (nSPS) is 18.6. The van der Waals surface area contributed by atoms with Gasteiger partial charge >= 0.3 is 6.03 Å². The summed E-state index contributed by atoms with van der Waals surface area (Å²) in [5.41, 5.74) is -0.354. The van der Waals surface area contributed by atoms with Gasteiger partial charge in [-0.2, -0.15) is 0 Å². The van der Waals surface area contributed by atoms with Gasteiger partial charge in [-0.05, 0) is 18.4 Å². The monoisotopic (exact) mass is 395 g/mol. The first-order valence-corrected chi connectivity index (χ1v) is 9.40. The predicted octanol–water partition coefficient (Wildman–Crippen LogP) is 0.839. The molecule has 3 heterocycles. The Labute approximate surface area is 166 Å². The number of carbonyl (C=O) groups is 3. The van der Waals surface area contributed by atoms with Gasteiger partial charge in [-0.3, -0.25) is 24.3 Å². The quantitative estimate of drug-likeness (QED) is 0.775. The van der Waals surface area contributed by atoms with E-state index in [-0.39, 0.29) is 23.5 Å². The zero-order valence-corrected chi connectivity index (χ0v) is 16.0. The van der Waals surface area contributed by atoms with Gasteiger partial charge in [0.1, 0.15) is 11.2 Å². The number of benzene rings is 1. The number of carbonyl (C=O) groups excluding carboxylic acids is 3. The zero-order chi connectivity index (χ0) is 20.6. The summed E-state index contributed by atoms with van der Waals surface area (Å²) >= 11 is 0. The molecule has 0 atom stereocenters. The van der Waals surface area contributed by atoms with Crippen molar-refractivity contribution in [3.05, 3.63) is 64.3 Å². The van der Waals surface area contributed by atoms with E-state index in [1.807, 2.05) is 30.3 Å². The van der Waals surface area contributed by atoms with E-state index in [0.29, 0.717) is 32.5 Å². The van der Waals surface area contributed by atoms with Gasteiger partial charge in [0.15, 0.2) is 0 Å². The lowest BCUT2D eigenvalue weighted by Crippen LogP contribution is -2.57. The number of amides is 4. The molecule has 2 saturated heterocycles. The van der Waals surface area contributed by atoms with E-state index in [1.165, 1.54) is 18.1 Å². The highest BCUT2D eigenvalue weighted by Gasteiger charge is 2.57. The van der Waals surface area contributed by atoms with Crippen LogP contribution in [0.1, 0.15) is 28.9 Å². The number of aromatic amines is 1. The predicted molar refractivity (Wildman–Crippen MR) is 103 cm³/mol. The fraction of sp³-hybridized carbons (Fsp3) is 0.350. The lowest BCUT2D eigenvalue weighted by molar-refractivity contribution is -0.134. The highest BCUT2D eigenvalue weighted by atomic mass is 16.2. The van der Waals surface area contributed by atoms with Crippen molar-refractivity contribution < 1.29 is 14.4 Å². The van der Waals surface area contributed by atoms with Crippen LogP contribution in [0.4, 0.5) is 4.79 Å². The molecular weight excluding hydrogens is 374 g/mol. The van der Waals surface area contributed by atoms with Crippen LogP contribution in [0.3, 0.4) is 0 Å². The summed E-state index contributed by atoms with van der Waals surface area (Å²) < 4.78 is 0. The molecule has 4 rings (SSSR count). The van der Waals surface area contributed by atoms with E-state index in [9.17, 15) is 19.2 Å². The first-order chi connectivity index (χ1) is 13.9. The van der Waals surface area contributed by atoms with Crippen LogP contribution in [0.2, 0.25) is 0 Å². The SMILES string of the molecule is CN1C(=O)N(Cc2ccccc2)C2(CCN(C(=O)c3cncc(=O)[nH]3)CC2)C1=O. The Kier molecular flexibility index (Phi) is 4.65. The maximum atomic E-state index is 13.0. The molecule has 2 aliphatic heterocycles. The zero-order valence-electron chi connectivity index (χ0n) is 16.0. The Hall–Kier alpha value is -3.49. The molecular formula is C20H21N5O4. The Morgan fingerprint density at radius 2 is 1.79 bits per heavy atom. The molecule has 9 heteroatoms. The molecule has 2 aliphatic rings. The topological polar surface area (TPSA) is 107 Å². The van der Waals surface area contributed by atoms with Crippen LogP contribution in [0.25, 0.3) is 0 Å². The van der Waals surface area contributed by atoms with Crippen molar-refractivity contribution >= 4 is 17.8 Å². The van der Waals surface area contributed by atoms with E-state index in [1.54, 1.807) is 9.80 Å². The number of imide groups is 1. The van der Waals surface area contributed by atoms with Crippen LogP contribution < -0.4 is 5.56 Å². The Morgan fingerprint density at radius 3 is 2.45 bits per heavy atom. The number of aromatic nitrogens is 2. The summed E-state index contributed by atoms with van der Waals surface area (Å²) in [6.07, 6.45) is 3.09. The van der Waals surface area contributed by atoms with E-state index < -0.39 is 11.1 Å². The van der Waals surface area contributed by atoms with Gasteiger partial charge in [-0.15, -0.1) is 0 Å². The maximum Gasteiger partial charge on any atom is 0.327 e. The fourth-order valence-corrected chi connectivity index (χ4v) is 4.08. The third kappa shape index (κ3) is 3.18. The van der Waals surface area contributed by atoms with Gasteiger partial charge in [0, 0.05) is 26.7 Å². The number of H-pyrrole nitrogens is 1. The summed E-state index contributed by atoms with van der Waals surface area (Å²) in [6, 6.07) is 9.20. The Balaban J connectivity index is 1.55. The number of rotatable bonds is 3. The van der Waals surface area contributed by atoms with Crippen molar-refractivity contribution in [1.82, 2.24) is 24.7 Å². The molecule has 1 spiro atoms. The van der Waals surface area contributed by atoms with Gasteiger partial charge in [0.05, 0.1) is 12.4 Å². The van der Waals surface area contributed by atoms with Gasteiger partial charge in [0.2, 0.25) is 0 Å². The minimum absolute atomic E-state index is 0.112. The summed E-state index contributed by atoms with van der Waals surface area (Å²) in [7, 11) is 1.50. The van der Waals surface area contributed by atoms with E-state index in [0.717, 1.165) is 11.8 Å². The number of piperidine rings is 1. The smallest absolute Gasteiger partial charge is 0.327 e. The molecule has 2 fully saturated rings. The second-order valence-corrected chi connectivity index (χ2v) is 7.35. The average molecular weight is 395 g/mol. The number of hydrogen-bond donors (Lipinski definition) is 1. The van der Waals surface area contributed by atoms with Crippen molar-refractivity contribution in [2.45, 2.75) is 24.9 Å². The largest absolute Gasteiger partial charge is 0.337 e. The van der Waals surface area contributed by atoms with Crippen molar-refractivity contribution in [2.75, 3.05) is 20.1 Å². The third-order valence-corrected chi connectivity index (χ3v) is 5.68. The molecule has 0 unspecified atom stereocenters. The molecule has 0 saturated carbocycles. The summed E-state index contributed by atoms with van der Waals surface area (Å²) in [5.74, 6) is -0.579. The van der Waals surface area contributed by atoms with Crippen molar-refractivity contribution in [1.29, 1.82) is 0 Å². The molecule has 1 aromatic carbocycles. The number of urea groups is 1. The van der Waals surface area contributed by atoms with Crippen LogP contribution in [-0.2, 0) is 11.3 Å². The molecule has 150 valence electrons. The minimum Gasteiger partial charge on any atom is -0.337 e. The first kappa shape index (κ1) is 18.9. The number of likely N-dealkylation sites (N-methyl/N-ethyl adjacent to an activating group) is 1. The van der Waals surface area contributed by atoms with Crippen LogP contribution in [0.15, 0.2) is 47.5 Å². The van der Waals surface area contributed by atoms with Crippen LogP contribution in [-0.4, -0.2) is 68.2 Å². The summed E-state index contributed by atoms with van der Waals surface area (Å²) in [6.45, 7) is 0.932. The van der Waals surface area contributed by atoms with Crippen LogP contribution in [0, 0.1) is 0 Å². The molecule has 2 aromatic rings. The number of likely N-dealkylation sites (tertiary alicyclic amines) is 1. The first-order valence-electron chi connectivity index (χ1n) is 9.40. The molecule has 0 aliphatic carbocycles. The lowest BCUT2D eigenvalue weighted by Gasteiger charge is -2.42. The molecule has 1 N–H and O–H groups in total. The number of nitrogens with one attached hydrogen (secondary N) is 1. The fourth-order valence-electron chi connectivity index (χ4n) is 4.08. The second kappa shape index (κ2) is 7.16. The van der Waals surface area contributed by atoms with Gasteiger partial charge in [0.25, 0.3) is 17.4 Å². The van der Waals surface area contributed by atoms with Crippen LogP contribution in [0.5, 0.6) is 0 Å². The summed E-state index contributed by atoms with van der Waals surface area (Å²) in [5, 5.41) is 0. The average Bonchev–Trinajstić information content (AvgIpc) is 2.91. The highest BCUT2D eigenvalue weighted by Crippen LogP contribution is 2.38. The van der Waals surface area contributed by atoms with Crippen molar-refractivity contribution in [2.24, 2.45) is 0 Å². The maximum absolute atomic E-state index is 13.0. The van der Waals surface area contributed by atoms with Gasteiger partial charge in [-0.1, -0.05) is 30.3 Å². The molecule has 29 heavy (non-hydrogen) atoms. The number of nitrogens with zero attached hydrogens (tertiary/aromatic N) is 4. The molecule has 9 nitrogen and oxygen atoms in total. The molecule has 0 bridgehead atoms. The van der Waals surface area contributed by atoms with Gasteiger partial charge in [-0.25, -0.2) is 4.79 Å². The van der Waals surface area contributed by atoms with Crippen LogP contribution >= 0.6 is 0 Å². The molecule has 4 amide bonds. The molecule has 0 radical (unpaired) electrons. The minimum atomic E-state index is -0.958. The third-order valence-electron chi connectivity index (χ3n) is 5.68. The Bertz CT molecular complexity index is 1010. The highest BCUT2D eigenvalue weighted by molar-refractivity contribution is 6.07. The van der Waals surface area contributed by atoms with E-state index in [4.69, 9.17) is 0 Å².